The van der Waals surface area contributed by atoms with E-state index >= 15 is 0 Å². The lowest BCUT2D eigenvalue weighted by molar-refractivity contribution is -0.236. The summed E-state index contributed by atoms with van der Waals surface area (Å²) in [4.78, 5) is 24.7. The van der Waals surface area contributed by atoms with Gasteiger partial charge in [0.25, 0.3) is 0 Å². The van der Waals surface area contributed by atoms with Crippen molar-refractivity contribution >= 4 is 12.1 Å². The molecule has 9 atom stereocenters. The number of hydrogen-bond donors (Lipinski definition) is 1. The molecule has 0 bridgehead atoms. The molecule has 3 nitrogen and oxygen atoms in total. The molecule has 0 saturated heterocycles. The number of carbonyl (C=O) groups is 2. The van der Waals surface area contributed by atoms with Crippen molar-refractivity contribution in [2.45, 2.75) is 98.8 Å². The molecule has 5 rings (SSSR count). The minimum absolute atomic E-state index is 0.0235. The first-order chi connectivity index (χ1) is 15.4. The average molecular weight is 455 g/mol. The van der Waals surface area contributed by atoms with Gasteiger partial charge in [0.2, 0.25) is 0 Å². The molecule has 5 saturated carbocycles. The molecule has 4 unspecified atom stereocenters. The number of aliphatic hydroxyl groups is 1. The number of hydrogen-bond acceptors (Lipinski definition) is 3. The quantitative estimate of drug-likeness (QED) is 0.397. The van der Waals surface area contributed by atoms with Crippen molar-refractivity contribution < 1.29 is 14.7 Å². The highest BCUT2D eigenvalue weighted by Crippen LogP contribution is 2.77. The minimum Gasteiger partial charge on any atom is -0.396 e. The molecule has 184 valence electrons. The van der Waals surface area contributed by atoms with Crippen LogP contribution >= 0.6 is 0 Å². The normalized spacial score (nSPS) is 52.8. The molecule has 0 aromatic heterocycles. The largest absolute Gasteiger partial charge is 0.396 e. The molecule has 5 fully saturated rings. The third kappa shape index (κ3) is 2.78. The van der Waals surface area contributed by atoms with Gasteiger partial charge in [0.1, 0.15) is 12.1 Å². The van der Waals surface area contributed by atoms with Crippen molar-refractivity contribution in [3.8, 4) is 0 Å². The van der Waals surface area contributed by atoms with Crippen LogP contribution in [0.25, 0.3) is 0 Å². The lowest BCUT2D eigenvalue weighted by atomic mass is 9.32. The number of aldehydes is 1. The molecule has 0 aromatic carbocycles. The van der Waals surface area contributed by atoms with Crippen molar-refractivity contribution in [2.75, 3.05) is 6.61 Å². The first-order valence-corrected chi connectivity index (χ1v) is 13.7. The molecule has 3 heteroatoms. The predicted octanol–water partition coefficient (Wildman–Crippen LogP) is 6.38. The van der Waals surface area contributed by atoms with Gasteiger partial charge in [-0.1, -0.05) is 41.2 Å². The van der Waals surface area contributed by atoms with Crippen LogP contribution in [-0.4, -0.2) is 23.8 Å². The van der Waals surface area contributed by atoms with Crippen molar-refractivity contribution in [1.82, 2.24) is 0 Å². The van der Waals surface area contributed by atoms with E-state index in [1.165, 1.54) is 25.7 Å². The number of ketones is 1. The minimum atomic E-state index is -0.205. The van der Waals surface area contributed by atoms with Gasteiger partial charge in [-0.3, -0.25) is 9.59 Å². The topological polar surface area (TPSA) is 54.4 Å². The van der Waals surface area contributed by atoms with E-state index < -0.39 is 0 Å². The fourth-order valence-electron chi connectivity index (χ4n) is 11.3. The number of Topliss-reactive ketones (excluding diaryl/α,β-unsaturated/α-hetero) is 1. The van der Waals surface area contributed by atoms with Gasteiger partial charge in [-0.2, -0.15) is 0 Å². The van der Waals surface area contributed by atoms with Gasteiger partial charge in [0, 0.05) is 18.4 Å². The van der Waals surface area contributed by atoms with Crippen LogP contribution < -0.4 is 0 Å². The SMILES string of the molecule is C=C(C=O)[C@@H]1CC[C@]2(CO)CC[C@]3(C)C(CCC4[C@@]5(C)CCC(=O)C(C)(C)C5CC[C@]43C)C12. The van der Waals surface area contributed by atoms with Crippen molar-refractivity contribution in [2.24, 2.45) is 56.7 Å². The Labute approximate surface area is 201 Å². The van der Waals surface area contributed by atoms with Gasteiger partial charge in [0.05, 0.1) is 0 Å². The maximum absolute atomic E-state index is 12.9. The summed E-state index contributed by atoms with van der Waals surface area (Å²) < 4.78 is 0. The Balaban J connectivity index is 1.56. The number of allylic oxidation sites excluding steroid dienone is 1. The summed E-state index contributed by atoms with van der Waals surface area (Å²) in [5.41, 5.74) is 1.22. The zero-order valence-electron chi connectivity index (χ0n) is 21.7. The van der Waals surface area contributed by atoms with E-state index in [0.29, 0.717) is 29.5 Å². The Morgan fingerprint density at radius 3 is 2.33 bits per heavy atom. The smallest absolute Gasteiger partial charge is 0.145 e. The van der Waals surface area contributed by atoms with Crippen LogP contribution in [0.2, 0.25) is 0 Å². The highest BCUT2D eigenvalue weighted by molar-refractivity contribution is 5.85. The van der Waals surface area contributed by atoms with Crippen LogP contribution in [0.15, 0.2) is 12.2 Å². The Morgan fingerprint density at radius 2 is 1.67 bits per heavy atom. The molecule has 0 radical (unpaired) electrons. The monoisotopic (exact) mass is 454 g/mol. The molecule has 0 aromatic rings. The van der Waals surface area contributed by atoms with Gasteiger partial charge in [-0.05, 0) is 115 Å². The van der Waals surface area contributed by atoms with Gasteiger partial charge in [-0.15, -0.1) is 0 Å². The molecule has 0 aliphatic heterocycles. The summed E-state index contributed by atoms with van der Waals surface area (Å²) >= 11 is 0. The molecule has 0 spiro atoms. The summed E-state index contributed by atoms with van der Waals surface area (Å²) in [5, 5.41) is 10.6. The molecular formula is C30H46O3. The van der Waals surface area contributed by atoms with Crippen LogP contribution in [0.5, 0.6) is 0 Å². The molecular weight excluding hydrogens is 408 g/mol. The average Bonchev–Trinajstić information content (AvgIpc) is 3.17. The van der Waals surface area contributed by atoms with E-state index in [0.717, 1.165) is 50.4 Å². The van der Waals surface area contributed by atoms with E-state index in [4.69, 9.17) is 0 Å². The first-order valence-electron chi connectivity index (χ1n) is 13.7. The summed E-state index contributed by atoms with van der Waals surface area (Å²) in [6, 6.07) is 0. The second-order valence-electron chi connectivity index (χ2n) is 14.2. The number of carbonyl (C=O) groups excluding carboxylic acids is 2. The number of rotatable bonds is 3. The second kappa shape index (κ2) is 7.28. The lowest BCUT2D eigenvalue weighted by Gasteiger charge is -2.72. The second-order valence-corrected chi connectivity index (χ2v) is 14.2. The summed E-state index contributed by atoms with van der Waals surface area (Å²) in [7, 11) is 0. The number of fused-ring (bicyclic) bond motifs is 7. The summed E-state index contributed by atoms with van der Waals surface area (Å²) in [5.74, 6) is 2.76. The maximum Gasteiger partial charge on any atom is 0.145 e. The fraction of sp³-hybridized carbons (Fsp3) is 0.867. The van der Waals surface area contributed by atoms with Crippen molar-refractivity contribution in [3.63, 3.8) is 0 Å². The fourth-order valence-corrected chi connectivity index (χ4v) is 11.3. The molecule has 0 heterocycles. The van der Waals surface area contributed by atoms with Crippen LogP contribution in [0.3, 0.4) is 0 Å². The van der Waals surface area contributed by atoms with Gasteiger partial charge < -0.3 is 5.11 Å². The highest BCUT2D eigenvalue weighted by Gasteiger charge is 2.70. The third-order valence-corrected chi connectivity index (χ3v) is 13.3. The van der Waals surface area contributed by atoms with Crippen LogP contribution in [0, 0.1) is 56.7 Å². The Morgan fingerprint density at radius 1 is 0.939 bits per heavy atom. The molecule has 1 N–H and O–H groups in total. The Hall–Kier alpha value is -0.960. The maximum atomic E-state index is 12.9. The van der Waals surface area contributed by atoms with Gasteiger partial charge in [-0.25, -0.2) is 0 Å². The van der Waals surface area contributed by atoms with Gasteiger partial charge in [0.15, 0.2) is 0 Å². The van der Waals surface area contributed by atoms with E-state index in [1.54, 1.807) is 0 Å². The molecule has 5 aliphatic rings. The number of aliphatic hydroxyl groups excluding tert-OH is 1. The molecule has 0 amide bonds. The van der Waals surface area contributed by atoms with E-state index in [9.17, 15) is 14.7 Å². The van der Waals surface area contributed by atoms with Crippen LogP contribution in [0.1, 0.15) is 98.8 Å². The van der Waals surface area contributed by atoms with E-state index in [-0.39, 0.29) is 39.6 Å². The molecule has 33 heavy (non-hydrogen) atoms. The van der Waals surface area contributed by atoms with Crippen LogP contribution in [0.4, 0.5) is 0 Å². The first kappa shape index (κ1) is 23.8. The van der Waals surface area contributed by atoms with Crippen molar-refractivity contribution in [3.05, 3.63) is 12.2 Å². The summed E-state index contributed by atoms with van der Waals surface area (Å²) in [6.07, 6.45) is 11.9. The summed E-state index contributed by atoms with van der Waals surface area (Å²) in [6.45, 7) is 16.6. The van der Waals surface area contributed by atoms with Crippen LogP contribution in [-0.2, 0) is 9.59 Å². The molecule has 5 aliphatic carbocycles. The predicted molar refractivity (Wildman–Crippen MR) is 131 cm³/mol. The third-order valence-electron chi connectivity index (χ3n) is 13.3. The zero-order chi connectivity index (χ0) is 24.0. The lowest BCUT2D eigenvalue weighted by Crippen LogP contribution is -2.66. The van der Waals surface area contributed by atoms with E-state index in [2.05, 4.69) is 41.2 Å². The van der Waals surface area contributed by atoms with Crippen molar-refractivity contribution in [1.29, 1.82) is 0 Å². The van der Waals surface area contributed by atoms with Gasteiger partial charge >= 0.3 is 0 Å². The Bertz CT molecular complexity index is 874. The van der Waals surface area contributed by atoms with E-state index in [1.807, 2.05) is 0 Å². The Kier molecular flexibility index (Phi) is 5.24. The zero-order valence-corrected chi connectivity index (χ0v) is 21.7. The highest BCUT2D eigenvalue weighted by atomic mass is 16.3. The standard InChI is InChI=1S/C30H46O3/c1-19(17-31)20-9-14-30(18-32)16-15-28(5)21(25(20)30)7-8-23-27(4)12-11-24(33)26(2,3)22(27)10-13-29(23,28)6/h17,20-23,25,32H,1,7-16,18H2,2-6H3/t20-,21?,22?,23?,25?,27-,28+,29+,30+/m0/s1.